The summed E-state index contributed by atoms with van der Waals surface area (Å²) in [5.74, 6) is 5.79. The average Bonchev–Trinajstić information content (AvgIpc) is 2.45. The molecule has 0 aliphatic rings. The second-order valence-corrected chi connectivity index (χ2v) is 5.54. The summed E-state index contributed by atoms with van der Waals surface area (Å²) in [5.41, 5.74) is 5.28. The molecule has 0 aliphatic heterocycles. The number of aryl methyl sites for hydroxylation is 1. The van der Waals surface area contributed by atoms with Gasteiger partial charge < -0.3 is 4.74 Å². The fraction of sp³-hybridized carbons (Fsp3) is 0.200. The summed E-state index contributed by atoms with van der Waals surface area (Å²) in [6.07, 6.45) is 0. The fourth-order valence-electron chi connectivity index (χ4n) is 2.11. The van der Waals surface area contributed by atoms with Gasteiger partial charge in [0.15, 0.2) is 0 Å². The smallest absolute Gasteiger partial charge is 0.132 e. The summed E-state index contributed by atoms with van der Waals surface area (Å²) in [5, 5.41) is 0. The van der Waals surface area contributed by atoms with E-state index in [-0.39, 0.29) is 5.82 Å². The number of nitrogens with one attached hydrogen (secondary N) is 1. The molecule has 0 aromatic heterocycles. The fourth-order valence-corrected chi connectivity index (χ4v) is 2.78. The van der Waals surface area contributed by atoms with Gasteiger partial charge in [-0.2, -0.15) is 0 Å². The maximum atomic E-state index is 14.2. The Morgan fingerprint density at radius 3 is 2.60 bits per heavy atom. The highest BCUT2D eigenvalue weighted by molar-refractivity contribution is 14.1. The summed E-state index contributed by atoms with van der Waals surface area (Å²) in [7, 11) is 1.51. The van der Waals surface area contributed by atoms with Gasteiger partial charge in [0.25, 0.3) is 0 Å². The molecule has 3 nitrogen and oxygen atoms in total. The lowest BCUT2D eigenvalue weighted by atomic mass is 9.97. The van der Waals surface area contributed by atoms with Crippen LogP contribution < -0.4 is 16.0 Å². The van der Waals surface area contributed by atoms with E-state index < -0.39 is 6.04 Å². The third-order valence-electron chi connectivity index (χ3n) is 3.22. The lowest BCUT2D eigenvalue weighted by molar-refractivity contribution is 0.410. The summed E-state index contributed by atoms with van der Waals surface area (Å²) in [4.78, 5) is 0. The van der Waals surface area contributed by atoms with E-state index >= 15 is 0 Å². The summed E-state index contributed by atoms with van der Waals surface area (Å²) < 4.78 is 20.3. The number of methoxy groups -OCH3 is 1. The van der Waals surface area contributed by atoms with Gasteiger partial charge in [-0.3, -0.25) is 5.84 Å². The standard InChI is InChI=1S/C15H16FIN2O/c1-9-4-3-5-12(14(9)17)15(19-18)11-7-6-10(20-2)8-13(11)16/h3-8,15,19H,18H2,1-2H3. The van der Waals surface area contributed by atoms with Gasteiger partial charge >= 0.3 is 0 Å². The van der Waals surface area contributed by atoms with E-state index in [1.807, 2.05) is 25.1 Å². The number of hydrogen-bond donors (Lipinski definition) is 2. The molecule has 1 unspecified atom stereocenters. The Balaban J connectivity index is 2.50. The summed E-state index contributed by atoms with van der Waals surface area (Å²) in [6.45, 7) is 2.02. The predicted molar refractivity (Wildman–Crippen MR) is 86.0 cm³/mol. The lowest BCUT2D eigenvalue weighted by Crippen LogP contribution is -2.30. The van der Waals surface area contributed by atoms with Crippen molar-refractivity contribution in [3.05, 3.63) is 62.5 Å². The number of benzene rings is 2. The Morgan fingerprint density at radius 1 is 1.25 bits per heavy atom. The Bertz CT molecular complexity index is 619. The molecule has 0 aliphatic carbocycles. The predicted octanol–water partition coefficient (Wildman–Crippen LogP) is 3.30. The molecule has 20 heavy (non-hydrogen) atoms. The number of hydrogen-bond acceptors (Lipinski definition) is 3. The number of halogens is 2. The van der Waals surface area contributed by atoms with Gasteiger partial charge in [0, 0.05) is 15.2 Å². The van der Waals surface area contributed by atoms with Gasteiger partial charge in [-0.15, -0.1) is 0 Å². The van der Waals surface area contributed by atoms with Gasteiger partial charge in [-0.25, -0.2) is 9.82 Å². The molecule has 0 amide bonds. The molecule has 2 aromatic carbocycles. The van der Waals surface area contributed by atoms with Crippen LogP contribution in [-0.2, 0) is 0 Å². The summed E-state index contributed by atoms with van der Waals surface area (Å²) >= 11 is 2.25. The van der Waals surface area contributed by atoms with Gasteiger partial charge in [0.1, 0.15) is 11.6 Å². The summed E-state index contributed by atoms with van der Waals surface area (Å²) in [6, 6.07) is 10.3. The van der Waals surface area contributed by atoms with Crippen LogP contribution in [0.5, 0.6) is 5.75 Å². The maximum Gasteiger partial charge on any atom is 0.132 e. The molecule has 0 fully saturated rings. The highest BCUT2D eigenvalue weighted by atomic mass is 127. The van der Waals surface area contributed by atoms with Crippen LogP contribution in [-0.4, -0.2) is 7.11 Å². The largest absolute Gasteiger partial charge is 0.497 e. The molecular formula is C15H16FIN2O. The average molecular weight is 386 g/mol. The molecule has 5 heteroatoms. The minimum atomic E-state index is -0.396. The van der Waals surface area contributed by atoms with E-state index in [1.54, 1.807) is 12.1 Å². The van der Waals surface area contributed by atoms with E-state index in [1.165, 1.54) is 13.2 Å². The van der Waals surface area contributed by atoms with Crippen molar-refractivity contribution in [2.45, 2.75) is 13.0 Å². The molecule has 0 saturated heterocycles. The van der Waals surface area contributed by atoms with E-state index in [9.17, 15) is 4.39 Å². The molecule has 1 atom stereocenters. The first-order valence-corrected chi connectivity index (χ1v) is 7.21. The van der Waals surface area contributed by atoms with Crippen molar-refractivity contribution in [2.24, 2.45) is 5.84 Å². The molecule has 0 bridgehead atoms. The maximum absolute atomic E-state index is 14.2. The van der Waals surface area contributed by atoms with Crippen molar-refractivity contribution in [1.29, 1.82) is 0 Å². The van der Waals surface area contributed by atoms with Crippen LogP contribution in [0.15, 0.2) is 36.4 Å². The van der Waals surface area contributed by atoms with Crippen molar-refractivity contribution in [2.75, 3.05) is 7.11 Å². The zero-order chi connectivity index (χ0) is 14.7. The van der Waals surface area contributed by atoms with Crippen molar-refractivity contribution in [3.63, 3.8) is 0 Å². The van der Waals surface area contributed by atoms with Gasteiger partial charge in [-0.1, -0.05) is 24.3 Å². The van der Waals surface area contributed by atoms with Crippen molar-refractivity contribution in [3.8, 4) is 5.75 Å². The second-order valence-electron chi connectivity index (χ2n) is 4.47. The monoisotopic (exact) mass is 386 g/mol. The van der Waals surface area contributed by atoms with Crippen LogP contribution >= 0.6 is 22.6 Å². The molecule has 0 radical (unpaired) electrons. The number of hydrazine groups is 1. The molecule has 2 rings (SSSR count). The van der Waals surface area contributed by atoms with E-state index in [2.05, 4.69) is 28.0 Å². The Hall–Kier alpha value is -1.18. The molecule has 2 aromatic rings. The molecule has 3 N–H and O–H groups in total. The zero-order valence-electron chi connectivity index (χ0n) is 11.3. The Morgan fingerprint density at radius 2 is 2.00 bits per heavy atom. The van der Waals surface area contributed by atoms with Crippen LogP contribution in [0.3, 0.4) is 0 Å². The minimum Gasteiger partial charge on any atom is -0.497 e. The van der Waals surface area contributed by atoms with Crippen LogP contribution in [0.1, 0.15) is 22.7 Å². The molecule has 0 heterocycles. The van der Waals surface area contributed by atoms with E-state index in [4.69, 9.17) is 10.6 Å². The first kappa shape index (κ1) is 15.2. The van der Waals surface area contributed by atoms with Crippen LogP contribution in [0.2, 0.25) is 0 Å². The quantitative estimate of drug-likeness (QED) is 0.482. The van der Waals surface area contributed by atoms with Gasteiger partial charge in [-0.05, 0) is 46.7 Å². The van der Waals surface area contributed by atoms with Gasteiger partial charge in [0.05, 0.1) is 13.2 Å². The van der Waals surface area contributed by atoms with E-state index in [0.717, 1.165) is 14.7 Å². The highest BCUT2D eigenvalue weighted by Gasteiger charge is 2.19. The van der Waals surface area contributed by atoms with Crippen molar-refractivity contribution < 1.29 is 9.13 Å². The lowest BCUT2D eigenvalue weighted by Gasteiger charge is -2.20. The molecule has 0 spiro atoms. The second kappa shape index (κ2) is 6.51. The molecule has 106 valence electrons. The first-order chi connectivity index (χ1) is 9.58. The van der Waals surface area contributed by atoms with Crippen LogP contribution in [0.25, 0.3) is 0 Å². The SMILES string of the molecule is COc1ccc(C(NN)c2cccc(C)c2I)c(F)c1. The topological polar surface area (TPSA) is 47.3 Å². The van der Waals surface area contributed by atoms with E-state index in [0.29, 0.717) is 11.3 Å². The Kier molecular flexibility index (Phi) is 4.95. The van der Waals surface area contributed by atoms with Crippen LogP contribution in [0.4, 0.5) is 4.39 Å². The highest BCUT2D eigenvalue weighted by Crippen LogP contribution is 2.30. The van der Waals surface area contributed by atoms with Gasteiger partial charge in [0.2, 0.25) is 0 Å². The minimum absolute atomic E-state index is 0.343. The van der Waals surface area contributed by atoms with Crippen molar-refractivity contribution in [1.82, 2.24) is 5.43 Å². The first-order valence-electron chi connectivity index (χ1n) is 6.13. The zero-order valence-corrected chi connectivity index (χ0v) is 13.4. The van der Waals surface area contributed by atoms with Crippen molar-refractivity contribution >= 4 is 22.6 Å². The molecule has 0 saturated carbocycles. The number of nitrogens with two attached hydrogens (primary N) is 1. The number of ether oxygens (including phenoxy) is 1. The third-order valence-corrected chi connectivity index (χ3v) is 4.69. The number of rotatable bonds is 4. The normalized spacial score (nSPS) is 12.2. The molecular weight excluding hydrogens is 370 g/mol. The van der Waals surface area contributed by atoms with Crippen LogP contribution in [0, 0.1) is 16.3 Å². The Labute approximate surface area is 131 Å². The third kappa shape index (κ3) is 2.94.